The van der Waals surface area contributed by atoms with Crippen LogP contribution in [0.25, 0.3) is 0 Å². The second-order valence-corrected chi connectivity index (χ2v) is 5.07. The summed E-state index contributed by atoms with van der Waals surface area (Å²) in [7, 11) is 0. The van der Waals surface area contributed by atoms with Crippen molar-refractivity contribution in [3.63, 3.8) is 0 Å². The highest BCUT2D eigenvalue weighted by Crippen LogP contribution is 2.37. The Morgan fingerprint density at radius 1 is 1.43 bits per heavy atom. The number of nitrogens with zero attached hydrogens (tertiary/aromatic N) is 2. The van der Waals surface area contributed by atoms with Crippen LogP contribution in [0.5, 0.6) is 11.6 Å². The molecule has 2 aromatic rings. The Bertz CT molecular complexity index is 706. The molecule has 108 valence electrons. The maximum absolute atomic E-state index is 10.7. The molecule has 2 heterocycles. The number of para-hydroxylation sites is 1. The van der Waals surface area contributed by atoms with Gasteiger partial charge in [-0.2, -0.15) is 0 Å². The zero-order valence-corrected chi connectivity index (χ0v) is 11.8. The molecule has 0 saturated carbocycles. The lowest BCUT2D eigenvalue weighted by Gasteiger charge is -2.20. The lowest BCUT2D eigenvalue weighted by Crippen LogP contribution is -2.12. The van der Waals surface area contributed by atoms with Crippen molar-refractivity contribution in [1.29, 1.82) is 0 Å². The lowest BCUT2D eigenvalue weighted by molar-refractivity contribution is -0.385. The summed E-state index contributed by atoms with van der Waals surface area (Å²) in [5.41, 5.74) is 1.94. The molecule has 21 heavy (non-hydrogen) atoms. The van der Waals surface area contributed by atoms with Crippen molar-refractivity contribution in [2.24, 2.45) is 0 Å². The Morgan fingerprint density at radius 3 is 3.05 bits per heavy atom. The normalized spacial score (nSPS) is 13.2. The number of hydrogen-bond acceptors (Lipinski definition) is 5. The maximum atomic E-state index is 10.7. The van der Waals surface area contributed by atoms with Crippen LogP contribution >= 0.6 is 11.6 Å². The second-order valence-electron chi connectivity index (χ2n) is 4.66. The van der Waals surface area contributed by atoms with Crippen LogP contribution in [0.1, 0.15) is 12.0 Å². The fraction of sp³-hybridized carbons (Fsp3) is 0.214. The van der Waals surface area contributed by atoms with Crippen molar-refractivity contribution < 1.29 is 9.66 Å². The molecule has 0 amide bonds. The van der Waals surface area contributed by atoms with Crippen molar-refractivity contribution in [2.45, 2.75) is 12.8 Å². The molecule has 0 spiro atoms. The first-order valence-electron chi connectivity index (χ1n) is 6.48. The summed E-state index contributed by atoms with van der Waals surface area (Å²) in [5, 5.41) is 14.1. The topological polar surface area (TPSA) is 77.3 Å². The van der Waals surface area contributed by atoms with Crippen molar-refractivity contribution in [1.82, 2.24) is 4.98 Å². The SMILES string of the molecule is O=[N+]([O-])c1cnc(Oc2cccc3c2NCCC3)c(Cl)c1. The van der Waals surface area contributed by atoms with Gasteiger partial charge in [-0.3, -0.25) is 10.1 Å². The molecule has 1 aromatic heterocycles. The summed E-state index contributed by atoms with van der Waals surface area (Å²) in [6.07, 6.45) is 3.19. The third kappa shape index (κ3) is 2.75. The van der Waals surface area contributed by atoms with Gasteiger partial charge in [-0.25, -0.2) is 4.98 Å². The maximum Gasteiger partial charge on any atom is 0.289 e. The molecule has 3 rings (SSSR count). The number of rotatable bonds is 3. The summed E-state index contributed by atoms with van der Waals surface area (Å²) in [5.74, 6) is 0.776. The molecule has 1 N–H and O–H groups in total. The van der Waals surface area contributed by atoms with E-state index >= 15 is 0 Å². The van der Waals surface area contributed by atoms with Crippen molar-refractivity contribution in [2.75, 3.05) is 11.9 Å². The standard InChI is InChI=1S/C14H12ClN3O3/c15-11-7-10(18(19)20)8-17-14(11)21-12-5-1-3-9-4-2-6-16-13(9)12/h1,3,5,7-8,16H,2,4,6H2. The Hall–Kier alpha value is -2.34. The minimum absolute atomic E-state index is 0.109. The van der Waals surface area contributed by atoms with Crippen LogP contribution < -0.4 is 10.1 Å². The Labute approximate surface area is 125 Å². The van der Waals surface area contributed by atoms with E-state index in [1.807, 2.05) is 18.2 Å². The van der Waals surface area contributed by atoms with Gasteiger partial charge in [-0.1, -0.05) is 23.7 Å². The fourth-order valence-corrected chi connectivity index (χ4v) is 2.46. The molecule has 1 aromatic carbocycles. The molecule has 0 fully saturated rings. The minimum Gasteiger partial charge on any atom is -0.435 e. The number of halogens is 1. The predicted octanol–water partition coefficient (Wildman–Crippen LogP) is 3.79. The van der Waals surface area contributed by atoms with Gasteiger partial charge in [0.15, 0.2) is 5.75 Å². The molecular formula is C14H12ClN3O3. The summed E-state index contributed by atoms with van der Waals surface area (Å²) in [4.78, 5) is 14.0. The Morgan fingerprint density at radius 2 is 2.29 bits per heavy atom. The van der Waals surface area contributed by atoms with Gasteiger partial charge in [0, 0.05) is 12.6 Å². The zero-order valence-electron chi connectivity index (χ0n) is 11.0. The van der Waals surface area contributed by atoms with Gasteiger partial charge in [-0.05, 0) is 24.5 Å². The van der Waals surface area contributed by atoms with Gasteiger partial charge < -0.3 is 10.1 Å². The number of nitro groups is 1. The second kappa shape index (κ2) is 5.57. The molecule has 7 heteroatoms. The number of fused-ring (bicyclic) bond motifs is 1. The van der Waals surface area contributed by atoms with Crippen LogP contribution in [0.4, 0.5) is 11.4 Å². The smallest absolute Gasteiger partial charge is 0.289 e. The van der Waals surface area contributed by atoms with Crippen LogP contribution in [0.2, 0.25) is 5.02 Å². The van der Waals surface area contributed by atoms with Crippen LogP contribution in [-0.4, -0.2) is 16.5 Å². The molecule has 1 aliphatic heterocycles. The Balaban J connectivity index is 1.92. The van der Waals surface area contributed by atoms with Gasteiger partial charge in [0.25, 0.3) is 5.69 Å². The first kappa shape index (κ1) is 13.6. The third-order valence-corrected chi connectivity index (χ3v) is 3.52. The third-order valence-electron chi connectivity index (χ3n) is 3.25. The first-order chi connectivity index (χ1) is 10.1. The number of hydrogen-bond donors (Lipinski definition) is 1. The average molecular weight is 306 g/mol. The van der Waals surface area contributed by atoms with E-state index in [0.717, 1.165) is 31.3 Å². The molecule has 0 unspecified atom stereocenters. The summed E-state index contributed by atoms with van der Waals surface area (Å²) in [6, 6.07) is 6.99. The first-order valence-corrected chi connectivity index (χ1v) is 6.86. The van der Waals surface area contributed by atoms with E-state index in [2.05, 4.69) is 10.3 Å². The highest BCUT2D eigenvalue weighted by atomic mass is 35.5. The van der Waals surface area contributed by atoms with Crippen LogP contribution in [0, 0.1) is 10.1 Å². The van der Waals surface area contributed by atoms with E-state index in [1.54, 1.807) is 0 Å². The van der Waals surface area contributed by atoms with E-state index < -0.39 is 4.92 Å². The van der Waals surface area contributed by atoms with E-state index in [9.17, 15) is 10.1 Å². The molecule has 1 aliphatic rings. The lowest BCUT2D eigenvalue weighted by atomic mass is 10.0. The number of nitrogens with one attached hydrogen (secondary N) is 1. The van der Waals surface area contributed by atoms with Gasteiger partial charge >= 0.3 is 0 Å². The van der Waals surface area contributed by atoms with E-state index in [0.29, 0.717) is 5.75 Å². The number of anilines is 1. The van der Waals surface area contributed by atoms with Gasteiger partial charge in [0.1, 0.15) is 11.2 Å². The Kier molecular flexibility index (Phi) is 3.62. The van der Waals surface area contributed by atoms with Gasteiger partial charge in [-0.15, -0.1) is 0 Å². The quantitative estimate of drug-likeness (QED) is 0.689. The molecule has 0 saturated heterocycles. The predicted molar refractivity (Wildman–Crippen MR) is 79.2 cm³/mol. The van der Waals surface area contributed by atoms with E-state index in [-0.39, 0.29) is 16.6 Å². The largest absolute Gasteiger partial charge is 0.435 e. The number of pyridine rings is 1. The summed E-state index contributed by atoms with van der Waals surface area (Å²) >= 11 is 5.99. The zero-order chi connectivity index (χ0) is 14.8. The van der Waals surface area contributed by atoms with E-state index in [1.165, 1.54) is 11.6 Å². The van der Waals surface area contributed by atoms with E-state index in [4.69, 9.17) is 16.3 Å². The average Bonchev–Trinajstić information content (AvgIpc) is 2.49. The van der Waals surface area contributed by atoms with Gasteiger partial charge in [0.2, 0.25) is 5.88 Å². The summed E-state index contributed by atoms with van der Waals surface area (Å²) < 4.78 is 5.71. The highest BCUT2D eigenvalue weighted by Gasteiger charge is 2.17. The summed E-state index contributed by atoms with van der Waals surface area (Å²) in [6.45, 7) is 0.884. The highest BCUT2D eigenvalue weighted by molar-refractivity contribution is 6.32. The molecule has 6 nitrogen and oxygen atoms in total. The van der Waals surface area contributed by atoms with Crippen LogP contribution in [0.15, 0.2) is 30.5 Å². The number of benzene rings is 1. The minimum atomic E-state index is -0.547. The number of ether oxygens (including phenoxy) is 1. The molecule has 0 aliphatic carbocycles. The molecular weight excluding hydrogens is 294 g/mol. The van der Waals surface area contributed by atoms with Crippen LogP contribution in [0.3, 0.4) is 0 Å². The number of aryl methyl sites for hydroxylation is 1. The van der Waals surface area contributed by atoms with Crippen molar-refractivity contribution >= 4 is 23.0 Å². The van der Waals surface area contributed by atoms with Crippen molar-refractivity contribution in [3.8, 4) is 11.6 Å². The van der Waals surface area contributed by atoms with Gasteiger partial charge in [0.05, 0.1) is 10.6 Å². The monoisotopic (exact) mass is 305 g/mol. The van der Waals surface area contributed by atoms with Crippen LogP contribution in [-0.2, 0) is 6.42 Å². The van der Waals surface area contributed by atoms with Crippen molar-refractivity contribution in [3.05, 3.63) is 51.2 Å². The molecule has 0 atom stereocenters. The molecule has 0 radical (unpaired) electrons. The fourth-order valence-electron chi connectivity index (χ4n) is 2.26. The number of aromatic nitrogens is 1. The molecule has 0 bridgehead atoms.